The third kappa shape index (κ3) is 13.6. The van der Waals surface area contributed by atoms with E-state index in [0.29, 0.717) is 24.8 Å². The number of carboxylic acid groups (broad SMARTS) is 1. The normalized spacial score (nSPS) is 23.6. The number of aromatic nitrogens is 1. The third-order valence-corrected chi connectivity index (χ3v) is 11.7. The van der Waals surface area contributed by atoms with Crippen LogP contribution in [-0.4, -0.2) is 130 Å². The molecule has 1 aromatic carbocycles. The molecule has 2 saturated heterocycles. The fraction of sp³-hybridized carbons (Fsp3) is 0.514. The van der Waals surface area contributed by atoms with Crippen molar-refractivity contribution in [2.45, 2.75) is 81.6 Å². The zero-order valence-electron chi connectivity index (χ0n) is 31.1. The summed E-state index contributed by atoms with van der Waals surface area (Å²) in [6.07, 6.45) is 2.48. The molecule has 2 aliphatic heterocycles. The number of fused-ring (bicyclic) bond motifs is 2. The molecule has 2 aromatic rings. The van der Waals surface area contributed by atoms with Gasteiger partial charge in [0.1, 0.15) is 30.2 Å². The maximum absolute atomic E-state index is 14.3. The van der Waals surface area contributed by atoms with Gasteiger partial charge in [-0.25, -0.2) is 0 Å². The summed E-state index contributed by atoms with van der Waals surface area (Å²) < 4.78 is 0. The fourth-order valence-corrected chi connectivity index (χ4v) is 8.56. The van der Waals surface area contributed by atoms with Crippen LogP contribution in [-0.2, 0) is 44.8 Å². The molecule has 0 spiro atoms. The van der Waals surface area contributed by atoms with Crippen molar-refractivity contribution in [2.24, 2.45) is 22.2 Å². The van der Waals surface area contributed by atoms with Crippen LogP contribution in [0.1, 0.15) is 50.5 Å². The van der Waals surface area contributed by atoms with Gasteiger partial charge in [0, 0.05) is 54.5 Å². The molecule has 2 fully saturated rings. The molecule has 4 rings (SSSR count). The van der Waals surface area contributed by atoms with Crippen LogP contribution in [0.4, 0.5) is 0 Å². The average Bonchev–Trinajstić information content (AvgIpc) is 3.82. The van der Waals surface area contributed by atoms with E-state index in [4.69, 9.17) is 17.2 Å². The topological polar surface area (TPSA) is 326 Å². The maximum Gasteiger partial charge on any atom is 0.305 e. The van der Waals surface area contributed by atoms with Crippen molar-refractivity contribution in [1.82, 2.24) is 36.5 Å². The molecule has 22 heteroatoms. The summed E-state index contributed by atoms with van der Waals surface area (Å²) in [4.78, 5) is 114. The molecule has 0 bridgehead atoms. The smallest absolute Gasteiger partial charge is 0.305 e. The standard InChI is InChI=1S/C35H49N11O9S2/c36-30(51)25-18-57-56-13-10-27(47)42-22(8-3-4-11-39-35(37)38)31(52)41-17-28(48)43-23(15-29(49)50)32(53)44-24(14-19-16-40-21-7-2-1-6-20(19)21)34(55)46-12-5-9-26(46)33(54)45-25/h1-2,6-7,16,22-26,40H,3-5,8-15,17-18H2,(H2,36,51)(H,41,52)(H,42,47)(H,43,48)(H,44,53)(H,45,54)(H,49,50)(H4,37,38,39)/t22-,23-,24+,25+,26+/m1/s1. The van der Waals surface area contributed by atoms with Gasteiger partial charge < -0.3 is 58.8 Å². The molecule has 3 heterocycles. The number of nitrogens with one attached hydrogen (secondary N) is 6. The van der Waals surface area contributed by atoms with Gasteiger partial charge in [-0.1, -0.05) is 39.8 Å². The Balaban J connectivity index is 1.61. The molecule has 0 aliphatic carbocycles. The first-order chi connectivity index (χ1) is 27.2. The van der Waals surface area contributed by atoms with Gasteiger partial charge in [-0.05, 0) is 43.7 Å². The van der Waals surface area contributed by atoms with Gasteiger partial charge in [0.2, 0.25) is 41.4 Å². The summed E-state index contributed by atoms with van der Waals surface area (Å²) in [6, 6.07) is 1.07. The van der Waals surface area contributed by atoms with E-state index in [1.54, 1.807) is 12.3 Å². The number of rotatable bonds is 10. The van der Waals surface area contributed by atoms with E-state index in [-0.39, 0.29) is 56.2 Å². The lowest BCUT2D eigenvalue weighted by molar-refractivity contribution is -0.143. The summed E-state index contributed by atoms with van der Waals surface area (Å²) in [5.41, 5.74) is 17.8. The zero-order chi connectivity index (χ0) is 41.5. The predicted octanol–water partition coefficient (Wildman–Crippen LogP) is -2.05. The number of amides is 7. The Bertz CT molecular complexity index is 1840. The second-order valence-corrected chi connectivity index (χ2v) is 16.1. The molecule has 7 amide bonds. The first-order valence-electron chi connectivity index (χ1n) is 18.4. The molecule has 1 aromatic heterocycles. The third-order valence-electron chi connectivity index (χ3n) is 9.24. The molecule has 310 valence electrons. The van der Waals surface area contributed by atoms with Gasteiger partial charge in [-0.3, -0.25) is 43.3 Å². The number of carbonyl (C=O) groups excluding carboxylic acids is 7. The number of unbranched alkanes of at least 4 members (excludes halogenated alkanes) is 1. The lowest BCUT2D eigenvalue weighted by Crippen LogP contribution is -2.59. The van der Waals surface area contributed by atoms with E-state index < -0.39 is 90.5 Å². The lowest BCUT2D eigenvalue weighted by atomic mass is 10.0. The van der Waals surface area contributed by atoms with Crippen LogP contribution < -0.4 is 43.8 Å². The summed E-state index contributed by atoms with van der Waals surface area (Å²) in [5.74, 6) is -6.35. The number of carbonyl (C=O) groups is 8. The van der Waals surface area contributed by atoms with Crippen molar-refractivity contribution >= 4 is 85.8 Å². The van der Waals surface area contributed by atoms with Crippen molar-refractivity contribution in [3.8, 4) is 0 Å². The average molecular weight is 832 g/mol. The van der Waals surface area contributed by atoms with Crippen LogP contribution in [0.2, 0.25) is 0 Å². The molecule has 5 atom stereocenters. The van der Waals surface area contributed by atoms with Gasteiger partial charge in [0.25, 0.3) is 0 Å². The lowest BCUT2D eigenvalue weighted by Gasteiger charge is -2.30. The minimum Gasteiger partial charge on any atom is -0.481 e. The Labute approximate surface area is 335 Å². The molecular weight excluding hydrogens is 783 g/mol. The molecule has 2 aliphatic rings. The number of aliphatic carboxylic acids is 1. The number of aromatic amines is 1. The monoisotopic (exact) mass is 831 g/mol. The minimum atomic E-state index is -1.68. The van der Waals surface area contributed by atoms with Crippen LogP contribution in [0.5, 0.6) is 0 Å². The van der Waals surface area contributed by atoms with Crippen molar-refractivity contribution < 1.29 is 43.5 Å². The predicted molar refractivity (Wildman–Crippen MR) is 213 cm³/mol. The number of benzene rings is 1. The van der Waals surface area contributed by atoms with Crippen LogP contribution in [0.15, 0.2) is 35.5 Å². The number of carboxylic acids is 1. The SMILES string of the molecule is NC(=O)[C@@H]1CSSCCC(=O)N[C@H](CCCCN=C(N)N)C(=O)NCC(=O)N[C@H](CC(=O)O)C(=O)N[C@@H](Cc2c[nH]c3ccccc23)C(=O)N2CCC[C@H]2C(=O)N1. The van der Waals surface area contributed by atoms with Gasteiger partial charge in [0.15, 0.2) is 5.96 Å². The molecular formula is C35H49N11O9S2. The van der Waals surface area contributed by atoms with Gasteiger partial charge in [-0.15, -0.1) is 0 Å². The second-order valence-electron chi connectivity index (χ2n) is 13.5. The van der Waals surface area contributed by atoms with Crippen molar-refractivity contribution in [3.05, 3.63) is 36.0 Å². The number of H-pyrrole nitrogens is 1. The van der Waals surface area contributed by atoms with Crippen molar-refractivity contribution in [1.29, 1.82) is 0 Å². The van der Waals surface area contributed by atoms with E-state index >= 15 is 0 Å². The van der Waals surface area contributed by atoms with Gasteiger partial charge in [-0.2, -0.15) is 0 Å². The highest BCUT2D eigenvalue weighted by Crippen LogP contribution is 2.25. The van der Waals surface area contributed by atoms with Crippen LogP contribution in [0.25, 0.3) is 10.9 Å². The minimum absolute atomic E-state index is 0.0195. The van der Waals surface area contributed by atoms with E-state index in [1.165, 1.54) is 26.5 Å². The first kappa shape index (κ1) is 44.2. The Morgan fingerprint density at radius 2 is 1.63 bits per heavy atom. The molecule has 20 nitrogen and oxygen atoms in total. The summed E-state index contributed by atoms with van der Waals surface area (Å²) in [6.45, 7) is -0.233. The van der Waals surface area contributed by atoms with Gasteiger partial charge >= 0.3 is 5.97 Å². The number of aliphatic imine (C=N–C) groups is 1. The van der Waals surface area contributed by atoms with Crippen LogP contribution in [0.3, 0.4) is 0 Å². The largest absolute Gasteiger partial charge is 0.481 e. The number of para-hydroxylation sites is 1. The second kappa shape index (κ2) is 21.7. The molecule has 57 heavy (non-hydrogen) atoms. The van der Waals surface area contributed by atoms with E-state index in [2.05, 4.69) is 36.6 Å². The summed E-state index contributed by atoms with van der Waals surface area (Å²) in [7, 11) is 2.45. The Morgan fingerprint density at radius 3 is 2.37 bits per heavy atom. The van der Waals surface area contributed by atoms with Crippen LogP contribution in [0, 0.1) is 0 Å². The van der Waals surface area contributed by atoms with Crippen molar-refractivity contribution in [3.63, 3.8) is 0 Å². The van der Waals surface area contributed by atoms with E-state index in [1.807, 2.05) is 18.2 Å². The molecule has 13 N–H and O–H groups in total. The Kier molecular flexibility index (Phi) is 16.8. The van der Waals surface area contributed by atoms with E-state index in [9.17, 15) is 43.5 Å². The number of nitrogens with two attached hydrogens (primary N) is 3. The Morgan fingerprint density at radius 1 is 0.877 bits per heavy atom. The number of hydrogen-bond acceptors (Lipinski definition) is 11. The molecule has 0 unspecified atom stereocenters. The van der Waals surface area contributed by atoms with E-state index in [0.717, 1.165) is 10.9 Å². The quantitative estimate of drug-likeness (QED) is 0.0534. The highest BCUT2D eigenvalue weighted by Gasteiger charge is 2.40. The fourth-order valence-electron chi connectivity index (χ4n) is 6.39. The maximum atomic E-state index is 14.3. The number of primary amides is 1. The molecule has 0 radical (unpaired) electrons. The number of guanidine groups is 1. The first-order valence-corrected chi connectivity index (χ1v) is 20.9. The molecule has 0 saturated carbocycles. The van der Waals surface area contributed by atoms with Crippen LogP contribution >= 0.6 is 21.6 Å². The van der Waals surface area contributed by atoms with Gasteiger partial charge in [0.05, 0.1) is 13.0 Å². The van der Waals surface area contributed by atoms with Crippen molar-refractivity contribution in [2.75, 3.05) is 31.1 Å². The number of hydrogen-bond donors (Lipinski definition) is 10. The highest BCUT2D eigenvalue weighted by atomic mass is 33.1. The summed E-state index contributed by atoms with van der Waals surface area (Å²) >= 11 is 0. The highest BCUT2D eigenvalue weighted by molar-refractivity contribution is 8.76. The number of nitrogens with zero attached hydrogens (tertiary/aromatic N) is 2. The zero-order valence-corrected chi connectivity index (χ0v) is 32.8. The Hall–Kier alpha value is -5.51. The summed E-state index contributed by atoms with van der Waals surface area (Å²) in [5, 5.41) is 23.1.